The second-order valence-corrected chi connectivity index (χ2v) is 4.68. The molecule has 0 unspecified atom stereocenters. The van der Waals surface area contributed by atoms with Gasteiger partial charge in [0, 0.05) is 12.1 Å². The van der Waals surface area contributed by atoms with Crippen molar-refractivity contribution in [3.63, 3.8) is 0 Å². The molecular weight excluding hydrogens is 255 g/mol. The van der Waals surface area contributed by atoms with E-state index >= 15 is 0 Å². The minimum absolute atomic E-state index is 0.359. The first kappa shape index (κ1) is 12.5. The van der Waals surface area contributed by atoms with Crippen LogP contribution in [0.25, 0.3) is 11.0 Å². The number of hydrogen-bond acceptors (Lipinski definition) is 2. The van der Waals surface area contributed by atoms with Crippen LogP contribution in [0, 0.1) is 12.7 Å². The molecule has 0 aliphatic heterocycles. The summed E-state index contributed by atoms with van der Waals surface area (Å²) < 4.78 is 15.9. The average Bonchev–Trinajstić information content (AvgIpc) is 2.78. The molecule has 3 nitrogen and oxygen atoms in total. The van der Waals surface area contributed by atoms with Gasteiger partial charge in [-0.3, -0.25) is 4.79 Å². The fourth-order valence-corrected chi connectivity index (χ4v) is 2.38. The monoisotopic (exact) mass is 268 g/mol. The van der Waals surface area contributed by atoms with E-state index in [-0.39, 0.29) is 5.82 Å². The number of benzene rings is 2. The fraction of sp³-hybridized carbons (Fsp3) is 0.125. The Kier molecular flexibility index (Phi) is 3.06. The third kappa shape index (κ3) is 1.99. The molecule has 1 aromatic heterocycles. The zero-order chi connectivity index (χ0) is 14.1. The Morgan fingerprint density at radius 1 is 1.20 bits per heavy atom. The first-order valence-corrected chi connectivity index (χ1v) is 6.35. The summed E-state index contributed by atoms with van der Waals surface area (Å²) >= 11 is 0. The van der Waals surface area contributed by atoms with Crippen molar-refractivity contribution in [2.24, 2.45) is 0 Å². The van der Waals surface area contributed by atoms with Crippen molar-refractivity contribution in [1.29, 1.82) is 0 Å². The van der Waals surface area contributed by atoms with Gasteiger partial charge in [-0.15, -0.1) is 0 Å². The van der Waals surface area contributed by atoms with Gasteiger partial charge in [0.25, 0.3) is 0 Å². The number of halogens is 1. The Bertz CT molecular complexity index is 778. The van der Waals surface area contributed by atoms with Gasteiger partial charge in [-0.05, 0) is 24.6 Å². The van der Waals surface area contributed by atoms with Gasteiger partial charge in [-0.1, -0.05) is 30.3 Å². The summed E-state index contributed by atoms with van der Waals surface area (Å²) in [5.74, 6) is 0.333. The van der Waals surface area contributed by atoms with Crippen molar-refractivity contribution in [2.75, 3.05) is 0 Å². The van der Waals surface area contributed by atoms with Crippen molar-refractivity contribution in [1.82, 2.24) is 9.55 Å². The summed E-state index contributed by atoms with van der Waals surface area (Å²) in [7, 11) is 0. The van der Waals surface area contributed by atoms with Crippen LogP contribution in [-0.4, -0.2) is 15.8 Å². The SMILES string of the molecule is Cc1nc2c(C=O)ccc(F)c2n1Cc1ccccc1. The Labute approximate surface area is 115 Å². The number of carbonyl (C=O) groups excluding carboxylic acids is 1. The molecule has 1 heterocycles. The number of imidazole rings is 1. The van der Waals surface area contributed by atoms with E-state index < -0.39 is 0 Å². The molecule has 0 aliphatic rings. The summed E-state index contributed by atoms with van der Waals surface area (Å²) in [6, 6.07) is 12.6. The third-order valence-corrected chi connectivity index (χ3v) is 3.38. The summed E-state index contributed by atoms with van der Waals surface area (Å²) in [6.45, 7) is 2.35. The van der Waals surface area contributed by atoms with Crippen LogP contribution in [-0.2, 0) is 6.54 Å². The molecule has 0 saturated heterocycles. The van der Waals surface area contributed by atoms with Gasteiger partial charge in [-0.25, -0.2) is 9.37 Å². The number of aryl methyl sites for hydroxylation is 1. The minimum atomic E-state index is -0.359. The van der Waals surface area contributed by atoms with E-state index in [2.05, 4.69) is 4.98 Å². The third-order valence-electron chi connectivity index (χ3n) is 3.38. The molecule has 100 valence electrons. The van der Waals surface area contributed by atoms with Gasteiger partial charge in [0.2, 0.25) is 0 Å². The quantitative estimate of drug-likeness (QED) is 0.683. The highest BCUT2D eigenvalue weighted by Gasteiger charge is 2.15. The van der Waals surface area contributed by atoms with E-state index in [1.807, 2.05) is 37.3 Å². The molecule has 0 amide bonds. The van der Waals surface area contributed by atoms with E-state index in [1.54, 1.807) is 4.57 Å². The van der Waals surface area contributed by atoms with Crippen molar-refractivity contribution in [3.05, 3.63) is 65.2 Å². The predicted molar refractivity (Wildman–Crippen MR) is 75.4 cm³/mol. The lowest BCUT2D eigenvalue weighted by atomic mass is 10.2. The number of carbonyl (C=O) groups is 1. The van der Waals surface area contributed by atoms with E-state index in [9.17, 15) is 9.18 Å². The number of rotatable bonds is 3. The fourth-order valence-electron chi connectivity index (χ4n) is 2.38. The molecule has 4 heteroatoms. The number of hydrogen-bond donors (Lipinski definition) is 0. The zero-order valence-corrected chi connectivity index (χ0v) is 11.0. The largest absolute Gasteiger partial charge is 0.321 e. The summed E-state index contributed by atoms with van der Waals surface area (Å²) in [5.41, 5.74) is 2.28. The van der Waals surface area contributed by atoms with E-state index in [1.165, 1.54) is 12.1 Å². The standard InChI is InChI=1S/C16H13FN2O/c1-11-18-15-13(10-20)7-8-14(17)16(15)19(11)9-12-5-3-2-4-6-12/h2-8,10H,9H2,1H3. The highest BCUT2D eigenvalue weighted by molar-refractivity contribution is 5.94. The lowest BCUT2D eigenvalue weighted by Gasteiger charge is -2.07. The molecule has 0 saturated carbocycles. The first-order valence-electron chi connectivity index (χ1n) is 6.35. The molecular formula is C16H13FN2O. The molecule has 0 aliphatic carbocycles. The Balaban J connectivity index is 2.20. The van der Waals surface area contributed by atoms with Crippen LogP contribution in [0.15, 0.2) is 42.5 Å². The number of fused-ring (bicyclic) bond motifs is 1. The predicted octanol–water partition coefficient (Wildman–Crippen LogP) is 3.34. The van der Waals surface area contributed by atoms with Crippen molar-refractivity contribution >= 4 is 17.3 Å². The molecule has 3 aromatic rings. The number of aromatic nitrogens is 2. The second-order valence-electron chi connectivity index (χ2n) is 4.68. The first-order chi connectivity index (χ1) is 9.70. The van der Waals surface area contributed by atoms with E-state index in [4.69, 9.17) is 0 Å². The van der Waals surface area contributed by atoms with Gasteiger partial charge in [-0.2, -0.15) is 0 Å². The molecule has 0 fully saturated rings. The summed E-state index contributed by atoms with van der Waals surface area (Å²) in [4.78, 5) is 15.4. The van der Waals surface area contributed by atoms with Crippen molar-refractivity contribution in [3.8, 4) is 0 Å². The van der Waals surface area contributed by atoms with Gasteiger partial charge < -0.3 is 4.57 Å². The Morgan fingerprint density at radius 2 is 1.95 bits per heavy atom. The number of nitrogens with zero attached hydrogens (tertiary/aromatic N) is 2. The maximum atomic E-state index is 14.1. The van der Waals surface area contributed by atoms with E-state index in [0.29, 0.717) is 35.3 Å². The maximum absolute atomic E-state index is 14.1. The summed E-state index contributed by atoms with van der Waals surface area (Å²) in [5, 5.41) is 0. The topological polar surface area (TPSA) is 34.9 Å². The molecule has 20 heavy (non-hydrogen) atoms. The van der Waals surface area contributed by atoms with Gasteiger partial charge >= 0.3 is 0 Å². The van der Waals surface area contributed by atoms with Gasteiger partial charge in [0.05, 0.1) is 0 Å². The average molecular weight is 268 g/mol. The van der Waals surface area contributed by atoms with Crippen molar-refractivity contribution < 1.29 is 9.18 Å². The molecule has 0 atom stereocenters. The Morgan fingerprint density at radius 3 is 2.65 bits per heavy atom. The molecule has 0 bridgehead atoms. The van der Waals surface area contributed by atoms with Crippen LogP contribution in [0.1, 0.15) is 21.7 Å². The lowest BCUT2D eigenvalue weighted by molar-refractivity contribution is 0.112. The van der Waals surface area contributed by atoms with Crippen LogP contribution in [0.5, 0.6) is 0 Å². The maximum Gasteiger partial charge on any atom is 0.152 e. The van der Waals surface area contributed by atoms with Gasteiger partial charge in [0.1, 0.15) is 22.7 Å². The molecule has 2 aromatic carbocycles. The van der Waals surface area contributed by atoms with E-state index in [0.717, 1.165) is 5.56 Å². The molecule has 0 spiro atoms. The molecule has 0 N–H and O–H groups in total. The van der Waals surface area contributed by atoms with Crippen LogP contribution in [0.2, 0.25) is 0 Å². The van der Waals surface area contributed by atoms with Crippen LogP contribution >= 0.6 is 0 Å². The highest BCUT2D eigenvalue weighted by atomic mass is 19.1. The minimum Gasteiger partial charge on any atom is -0.321 e. The molecule has 0 radical (unpaired) electrons. The summed E-state index contributed by atoms with van der Waals surface area (Å²) in [6.07, 6.45) is 0.709. The zero-order valence-electron chi connectivity index (χ0n) is 11.0. The van der Waals surface area contributed by atoms with Gasteiger partial charge in [0.15, 0.2) is 6.29 Å². The highest BCUT2D eigenvalue weighted by Crippen LogP contribution is 2.23. The van der Waals surface area contributed by atoms with Crippen LogP contribution in [0.3, 0.4) is 0 Å². The smallest absolute Gasteiger partial charge is 0.152 e. The van der Waals surface area contributed by atoms with Crippen LogP contribution < -0.4 is 0 Å². The normalized spacial score (nSPS) is 10.9. The van der Waals surface area contributed by atoms with Crippen LogP contribution in [0.4, 0.5) is 4.39 Å². The lowest BCUT2D eigenvalue weighted by Crippen LogP contribution is -2.03. The van der Waals surface area contributed by atoms with Crippen molar-refractivity contribution in [2.45, 2.75) is 13.5 Å². The molecule has 3 rings (SSSR count). The Hall–Kier alpha value is -2.49. The number of aldehydes is 1. The second kappa shape index (κ2) is 4.89.